The fourth-order valence-corrected chi connectivity index (χ4v) is 2.02. The highest BCUT2D eigenvalue weighted by Crippen LogP contribution is 2.20. The third-order valence-corrected chi connectivity index (χ3v) is 3.03. The van der Waals surface area contributed by atoms with Gasteiger partial charge < -0.3 is 10.6 Å². The smallest absolute Gasteiger partial charge is 0.286 e. The molecule has 5 nitrogen and oxygen atoms in total. The van der Waals surface area contributed by atoms with Crippen LogP contribution in [0.3, 0.4) is 0 Å². The molecule has 0 spiro atoms. The molecular weight excluding hydrogens is 274 g/mol. The third kappa shape index (κ3) is 3.02. The number of rotatable bonds is 4. The summed E-state index contributed by atoms with van der Waals surface area (Å²) in [6.07, 6.45) is 0. The molecule has 0 aliphatic carbocycles. The Labute approximate surface area is 111 Å². The molecule has 0 radical (unpaired) electrons. The van der Waals surface area contributed by atoms with Crippen LogP contribution in [0.5, 0.6) is 0 Å². The molecular formula is C11H10F2N4OS. The number of carbonyl (C=O) groups is 1. The van der Waals surface area contributed by atoms with Crippen LogP contribution in [0.1, 0.15) is 16.7 Å². The molecule has 2 rings (SSSR count). The van der Waals surface area contributed by atoms with Gasteiger partial charge in [0.05, 0.1) is 5.69 Å². The number of benzene rings is 1. The summed E-state index contributed by atoms with van der Waals surface area (Å²) >= 11 is 1.03. The van der Waals surface area contributed by atoms with E-state index in [1.54, 1.807) is 0 Å². The third-order valence-electron chi connectivity index (χ3n) is 2.15. The number of hydrogen-bond acceptors (Lipinski definition) is 5. The second-order valence-corrected chi connectivity index (χ2v) is 4.48. The Morgan fingerprint density at radius 1 is 1.37 bits per heavy atom. The van der Waals surface area contributed by atoms with Crippen molar-refractivity contribution in [2.75, 3.05) is 17.2 Å². The molecule has 0 saturated carbocycles. The van der Waals surface area contributed by atoms with Gasteiger partial charge >= 0.3 is 0 Å². The van der Waals surface area contributed by atoms with Crippen LogP contribution in [0.2, 0.25) is 0 Å². The Morgan fingerprint density at radius 3 is 2.89 bits per heavy atom. The summed E-state index contributed by atoms with van der Waals surface area (Å²) in [5.74, 6) is -2.76. The number of nitrogens with one attached hydrogen (secondary N) is 2. The van der Waals surface area contributed by atoms with Crippen molar-refractivity contribution >= 4 is 28.1 Å². The molecule has 0 unspecified atom stereocenters. The van der Waals surface area contributed by atoms with Crippen molar-refractivity contribution in [3.63, 3.8) is 0 Å². The maximum atomic E-state index is 13.4. The molecule has 1 aromatic heterocycles. The molecule has 0 bridgehead atoms. The van der Waals surface area contributed by atoms with Crippen LogP contribution in [-0.4, -0.2) is 22.6 Å². The summed E-state index contributed by atoms with van der Waals surface area (Å²) in [5, 5.41) is 13.1. The molecule has 0 aliphatic heterocycles. The van der Waals surface area contributed by atoms with Crippen LogP contribution >= 0.6 is 11.3 Å². The largest absolute Gasteiger partial charge is 0.360 e. The van der Waals surface area contributed by atoms with E-state index in [2.05, 4.69) is 20.8 Å². The van der Waals surface area contributed by atoms with Gasteiger partial charge in [0.25, 0.3) is 5.91 Å². The molecule has 1 amide bonds. The minimum Gasteiger partial charge on any atom is -0.360 e. The van der Waals surface area contributed by atoms with Crippen LogP contribution in [-0.2, 0) is 0 Å². The molecule has 100 valence electrons. The average Bonchev–Trinajstić information content (AvgIpc) is 2.84. The monoisotopic (exact) mass is 284 g/mol. The Bertz CT molecular complexity index is 602. The van der Waals surface area contributed by atoms with Crippen LogP contribution in [0.15, 0.2) is 18.2 Å². The second-order valence-electron chi connectivity index (χ2n) is 3.50. The van der Waals surface area contributed by atoms with Gasteiger partial charge in [0.1, 0.15) is 0 Å². The van der Waals surface area contributed by atoms with Crippen LogP contribution in [0, 0.1) is 11.6 Å². The fraction of sp³-hybridized carbons (Fsp3) is 0.182. The van der Waals surface area contributed by atoms with Gasteiger partial charge in [-0.05, 0) is 19.1 Å². The quantitative estimate of drug-likeness (QED) is 0.905. The molecule has 1 heterocycles. The Morgan fingerprint density at radius 2 is 2.16 bits per heavy atom. The zero-order valence-corrected chi connectivity index (χ0v) is 10.7. The first-order valence-electron chi connectivity index (χ1n) is 5.44. The maximum Gasteiger partial charge on any atom is 0.286 e. The zero-order chi connectivity index (χ0) is 13.8. The van der Waals surface area contributed by atoms with Crippen molar-refractivity contribution in [1.29, 1.82) is 0 Å². The van der Waals surface area contributed by atoms with E-state index in [4.69, 9.17) is 0 Å². The summed E-state index contributed by atoms with van der Waals surface area (Å²) in [6, 6.07) is 3.54. The summed E-state index contributed by atoms with van der Waals surface area (Å²) < 4.78 is 26.3. The SMILES string of the molecule is CCNc1nnc(C(=O)Nc2cccc(F)c2F)s1. The first kappa shape index (κ1) is 13.3. The first-order valence-corrected chi connectivity index (χ1v) is 6.26. The molecule has 0 saturated heterocycles. The molecule has 19 heavy (non-hydrogen) atoms. The molecule has 0 fully saturated rings. The van der Waals surface area contributed by atoms with Crippen LogP contribution in [0.4, 0.5) is 19.6 Å². The fourth-order valence-electron chi connectivity index (χ4n) is 1.31. The van der Waals surface area contributed by atoms with Crippen molar-refractivity contribution in [2.24, 2.45) is 0 Å². The number of anilines is 2. The Kier molecular flexibility index (Phi) is 4.00. The standard InChI is InChI=1S/C11H10F2N4OS/c1-2-14-11-17-16-10(19-11)9(18)15-7-5-3-4-6(12)8(7)13/h3-5H,2H2,1H3,(H,14,17)(H,15,18). The lowest BCUT2D eigenvalue weighted by molar-refractivity contribution is 0.102. The first-order chi connectivity index (χ1) is 9.11. The molecule has 1 aromatic carbocycles. The zero-order valence-electron chi connectivity index (χ0n) is 9.91. The van der Waals surface area contributed by atoms with E-state index in [0.717, 1.165) is 17.4 Å². The summed E-state index contributed by atoms with van der Waals surface area (Å²) in [5.41, 5.74) is -0.231. The lowest BCUT2D eigenvalue weighted by Crippen LogP contribution is -2.13. The number of nitrogens with zero attached hydrogens (tertiary/aromatic N) is 2. The molecule has 0 aliphatic rings. The summed E-state index contributed by atoms with van der Waals surface area (Å²) in [7, 11) is 0. The van der Waals surface area contributed by atoms with E-state index >= 15 is 0 Å². The van der Waals surface area contributed by atoms with Crippen molar-refractivity contribution in [3.05, 3.63) is 34.8 Å². The van der Waals surface area contributed by atoms with E-state index in [1.807, 2.05) is 6.92 Å². The molecule has 0 atom stereocenters. The van der Waals surface area contributed by atoms with Gasteiger partial charge in [-0.25, -0.2) is 8.78 Å². The number of aromatic nitrogens is 2. The highest BCUT2D eigenvalue weighted by atomic mass is 32.1. The Balaban J connectivity index is 2.14. The van der Waals surface area contributed by atoms with Crippen LogP contribution in [0.25, 0.3) is 0 Å². The van der Waals surface area contributed by atoms with Gasteiger partial charge in [-0.15, -0.1) is 10.2 Å². The van der Waals surface area contributed by atoms with Crippen molar-refractivity contribution in [3.8, 4) is 0 Å². The van der Waals surface area contributed by atoms with Crippen molar-refractivity contribution in [2.45, 2.75) is 6.92 Å². The number of halogens is 2. The summed E-state index contributed by atoms with van der Waals surface area (Å²) in [6.45, 7) is 2.53. The predicted molar refractivity (Wildman–Crippen MR) is 68.4 cm³/mol. The lowest BCUT2D eigenvalue weighted by atomic mass is 10.3. The number of hydrogen-bond donors (Lipinski definition) is 2. The van der Waals surface area contributed by atoms with Crippen molar-refractivity contribution in [1.82, 2.24) is 10.2 Å². The maximum absolute atomic E-state index is 13.4. The normalized spacial score (nSPS) is 10.3. The number of carbonyl (C=O) groups excluding carboxylic acids is 1. The molecule has 2 aromatic rings. The van der Waals surface area contributed by atoms with E-state index in [9.17, 15) is 13.6 Å². The summed E-state index contributed by atoms with van der Waals surface area (Å²) in [4.78, 5) is 11.8. The highest BCUT2D eigenvalue weighted by molar-refractivity contribution is 7.17. The molecule has 2 N–H and O–H groups in total. The van der Waals surface area contributed by atoms with Gasteiger partial charge in [0, 0.05) is 6.54 Å². The van der Waals surface area contributed by atoms with Gasteiger partial charge in [0.2, 0.25) is 10.1 Å². The van der Waals surface area contributed by atoms with Gasteiger partial charge in [-0.3, -0.25) is 4.79 Å². The predicted octanol–water partition coefficient (Wildman–Crippen LogP) is 2.50. The number of amides is 1. The average molecular weight is 284 g/mol. The van der Waals surface area contributed by atoms with Crippen LogP contribution < -0.4 is 10.6 Å². The second kappa shape index (κ2) is 5.70. The minimum absolute atomic E-state index is 0.0691. The minimum atomic E-state index is -1.10. The van der Waals surface area contributed by atoms with Crippen molar-refractivity contribution < 1.29 is 13.6 Å². The van der Waals surface area contributed by atoms with E-state index in [0.29, 0.717) is 11.7 Å². The van der Waals surface area contributed by atoms with E-state index in [1.165, 1.54) is 12.1 Å². The van der Waals surface area contributed by atoms with Gasteiger partial charge in [-0.1, -0.05) is 17.4 Å². The van der Waals surface area contributed by atoms with Gasteiger partial charge in [0.15, 0.2) is 11.6 Å². The Hall–Kier alpha value is -2.09. The van der Waals surface area contributed by atoms with E-state index in [-0.39, 0.29) is 10.7 Å². The van der Waals surface area contributed by atoms with Gasteiger partial charge in [-0.2, -0.15) is 0 Å². The highest BCUT2D eigenvalue weighted by Gasteiger charge is 2.16. The lowest BCUT2D eigenvalue weighted by Gasteiger charge is -2.04. The van der Waals surface area contributed by atoms with E-state index < -0.39 is 17.5 Å². The molecule has 8 heteroatoms. The topological polar surface area (TPSA) is 66.9 Å².